The topological polar surface area (TPSA) is 76.7 Å². The van der Waals surface area contributed by atoms with E-state index in [1.807, 2.05) is 0 Å². The molecule has 0 bridgehead atoms. The molecule has 2 N–H and O–H groups in total. The van der Waals surface area contributed by atoms with Gasteiger partial charge in [0.2, 0.25) is 0 Å². The van der Waals surface area contributed by atoms with Crippen LogP contribution in [0.3, 0.4) is 0 Å². The first-order valence-electron chi connectivity index (χ1n) is 11.5. The fourth-order valence-electron chi connectivity index (χ4n) is 2.83. The van der Waals surface area contributed by atoms with Crippen molar-refractivity contribution in [1.29, 1.82) is 0 Å². The van der Waals surface area contributed by atoms with Crippen molar-refractivity contribution < 1.29 is 19.1 Å². The van der Waals surface area contributed by atoms with Crippen LogP contribution < -0.4 is 10.6 Å². The normalized spacial score (nSPS) is 10.5. The summed E-state index contributed by atoms with van der Waals surface area (Å²) >= 11 is 0. The minimum absolute atomic E-state index is 0.311. The van der Waals surface area contributed by atoms with E-state index in [0.29, 0.717) is 26.3 Å². The molecule has 28 heavy (non-hydrogen) atoms. The van der Waals surface area contributed by atoms with E-state index in [2.05, 4.69) is 24.5 Å². The van der Waals surface area contributed by atoms with Crippen molar-refractivity contribution in [2.75, 3.05) is 26.3 Å². The molecular formula is C22H44N2O4. The van der Waals surface area contributed by atoms with Gasteiger partial charge in [0.05, 0.1) is 13.2 Å². The molecule has 0 aromatic heterocycles. The Morgan fingerprint density at radius 2 is 0.893 bits per heavy atom. The summed E-state index contributed by atoms with van der Waals surface area (Å²) < 4.78 is 10.3. The number of carbonyl (C=O) groups is 2. The first-order valence-corrected chi connectivity index (χ1v) is 11.5. The molecule has 0 aliphatic rings. The van der Waals surface area contributed by atoms with Crippen LogP contribution in [0.1, 0.15) is 104 Å². The Hall–Kier alpha value is -1.46. The first-order chi connectivity index (χ1) is 13.7. The summed E-state index contributed by atoms with van der Waals surface area (Å²) in [5, 5.41) is 5.57. The van der Waals surface area contributed by atoms with Crippen molar-refractivity contribution in [2.24, 2.45) is 0 Å². The van der Waals surface area contributed by atoms with E-state index < -0.39 is 0 Å². The molecule has 0 heterocycles. The second-order valence-corrected chi connectivity index (χ2v) is 7.37. The lowest BCUT2D eigenvalue weighted by molar-refractivity contribution is 0.142. The molecule has 0 fully saturated rings. The van der Waals surface area contributed by atoms with Gasteiger partial charge in [0.15, 0.2) is 0 Å². The van der Waals surface area contributed by atoms with Crippen molar-refractivity contribution >= 4 is 12.2 Å². The van der Waals surface area contributed by atoms with Crippen molar-refractivity contribution in [3.63, 3.8) is 0 Å². The van der Waals surface area contributed by atoms with Crippen LogP contribution in [0.25, 0.3) is 0 Å². The van der Waals surface area contributed by atoms with Crippen molar-refractivity contribution in [2.45, 2.75) is 104 Å². The molecule has 2 amide bonds. The Morgan fingerprint density at radius 1 is 0.536 bits per heavy atom. The van der Waals surface area contributed by atoms with Gasteiger partial charge in [0.25, 0.3) is 0 Å². The molecule has 0 saturated heterocycles. The van der Waals surface area contributed by atoms with Crippen LogP contribution >= 0.6 is 0 Å². The first kappa shape index (κ1) is 26.5. The van der Waals surface area contributed by atoms with Gasteiger partial charge in [0, 0.05) is 13.1 Å². The number of ether oxygens (including phenoxy) is 2. The molecule has 6 nitrogen and oxygen atoms in total. The van der Waals surface area contributed by atoms with Crippen LogP contribution in [0.4, 0.5) is 9.59 Å². The van der Waals surface area contributed by atoms with Crippen LogP contribution in [-0.2, 0) is 9.47 Å². The summed E-state index contributed by atoms with van der Waals surface area (Å²) in [4.78, 5) is 23.0. The third kappa shape index (κ3) is 20.8. The molecule has 0 aliphatic heterocycles. The van der Waals surface area contributed by atoms with Crippen molar-refractivity contribution in [3.05, 3.63) is 0 Å². The summed E-state index contributed by atoms with van der Waals surface area (Å²) in [6.07, 6.45) is 14.8. The highest BCUT2D eigenvalue weighted by atomic mass is 16.6. The predicted octanol–water partition coefficient (Wildman–Crippen LogP) is 5.94. The Labute approximate surface area is 172 Å². The quantitative estimate of drug-likeness (QED) is 0.263. The molecule has 0 rings (SSSR count). The molecule has 0 aliphatic carbocycles. The van der Waals surface area contributed by atoms with E-state index in [4.69, 9.17) is 9.47 Å². The Kier molecular flexibility index (Phi) is 20.7. The molecule has 0 saturated carbocycles. The number of hydrogen-bond acceptors (Lipinski definition) is 4. The number of rotatable bonds is 19. The maximum Gasteiger partial charge on any atom is 0.407 e. The maximum absolute atomic E-state index is 11.5. The Bertz CT molecular complexity index is 330. The molecule has 0 radical (unpaired) electrons. The van der Waals surface area contributed by atoms with E-state index in [-0.39, 0.29) is 12.2 Å². The number of nitrogens with one attached hydrogen (secondary N) is 2. The van der Waals surface area contributed by atoms with Gasteiger partial charge in [0.1, 0.15) is 0 Å². The van der Waals surface area contributed by atoms with Gasteiger partial charge in [-0.15, -0.1) is 0 Å². The van der Waals surface area contributed by atoms with Crippen molar-refractivity contribution in [3.8, 4) is 0 Å². The highest BCUT2D eigenvalue weighted by Crippen LogP contribution is 2.03. The van der Waals surface area contributed by atoms with Gasteiger partial charge in [-0.25, -0.2) is 9.59 Å². The molecule has 0 aromatic carbocycles. The largest absolute Gasteiger partial charge is 0.450 e. The lowest BCUT2D eigenvalue weighted by Gasteiger charge is -2.08. The zero-order valence-electron chi connectivity index (χ0n) is 18.4. The van der Waals surface area contributed by atoms with E-state index in [1.54, 1.807) is 0 Å². The van der Waals surface area contributed by atoms with E-state index in [0.717, 1.165) is 51.4 Å². The molecule has 0 aromatic rings. The molecule has 166 valence electrons. The highest BCUT2D eigenvalue weighted by Gasteiger charge is 2.02. The van der Waals surface area contributed by atoms with Crippen LogP contribution in [-0.4, -0.2) is 38.5 Å². The summed E-state index contributed by atoms with van der Waals surface area (Å²) in [5.41, 5.74) is 0. The van der Waals surface area contributed by atoms with Crippen molar-refractivity contribution in [1.82, 2.24) is 10.6 Å². The number of hydrogen-bond donors (Lipinski definition) is 2. The average Bonchev–Trinajstić information content (AvgIpc) is 2.69. The van der Waals surface area contributed by atoms with Gasteiger partial charge in [-0.3, -0.25) is 0 Å². The molecule has 0 unspecified atom stereocenters. The highest BCUT2D eigenvalue weighted by molar-refractivity contribution is 5.67. The van der Waals surface area contributed by atoms with E-state index in [1.165, 1.54) is 38.5 Å². The molecule has 6 heteroatoms. The monoisotopic (exact) mass is 400 g/mol. The lowest BCUT2D eigenvalue weighted by Crippen LogP contribution is -2.26. The summed E-state index contributed by atoms with van der Waals surface area (Å²) in [6, 6.07) is 0. The average molecular weight is 401 g/mol. The maximum atomic E-state index is 11.5. The third-order valence-corrected chi connectivity index (χ3v) is 4.60. The SMILES string of the molecule is CCCCCCCOC(=O)NCCCCCCNC(=O)OCCCCCCC. The zero-order valence-corrected chi connectivity index (χ0v) is 18.4. The number of carbonyl (C=O) groups excluding carboxylic acids is 2. The zero-order chi connectivity index (χ0) is 20.7. The van der Waals surface area contributed by atoms with Gasteiger partial charge >= 0.3 is 12.2 Å². The van der Waals surface area contributed by atoms with Gasteiger partial charge in [-0.1, -0.05) is 78.1 Å². The van der Waals surface area contributed by atoms with Crippen LogP contribution in [0.2, 0.25) is 0 Å². The lowest BCUT2D eigenvalue weighted by atomic mass is 10.2. The Morgan fingerprint density at radius 3 is 1.29 bits per heavy atom. The smallest absolute Gasteiger partial charge is 0.407 e. The summed E-state index contributed by atoms with van der Waals surface area (Å²) in [7, 11) is 0. The van der Waals surface area contributed by atoms with Gasteiger partial charge < -0.3 is 20.1 Å². The molecular weight excluding hydrogens is 356 g/mol. The summed E-state index contributed by atoms with van der Waals surface area (Å²) in [6.45, 7) is 6.67. The Balaban J connectivity index is 3.25. The van der Waals surface area contributed by atoms with Gasteiger partial charge in [-0.05, 0) is 25.7 Å². The molecule has 0 spiro atoms. The third-order valence-electron chi connectivity index (χ3n) is 4.60. The fraction of sp³-hybridized carbons (Fsp3) is 0.909. The van der Waals surface area contributed by atoms with Crippen LogP contribution in [0.5, 0.6) is 0 Å². The van der Waals surface area contributed by atoms with Crippen LogP contribution in [0, 0.1) is 0 Å². The minimum Gasteiger partial charge on any atom is -0.450 e. The predicted molar refractivity (Wildman–Crippen MR) is 115 cm³/mol. The minimum atomic E-state index is -0.311. The number of alkyl carbamates (subject to hydrolysis) is 2. The second-order valence-electron chi connectivity index (χ2n) is 7.37. The fourth-order valence-corrected chi connectivity index (χ4v) is 2.83. The number of unbranched alkanes of at least 4 members (excludes halogenated alkanes) is 11. The standard InChI is InChI=1S/C22H44N2O4/c1-3-5-7-11-15-19-27-21(25)23-17-13-9-10-14-18-24-22(26)28-20-16-12-8-6-4-2/h3-20H2,1-2H3,(H,23,25)(H,24,26). The molecule has 0 atom stereocenters. The van der Waals surface area contributed by atoms with Crippen LogP contribution in [0.15, 0.2) is 0 Å². The number of amides is 2. The van der Waals surface area contributed by atoms with Gasteiger partial charge in [-0.2, -0.15) is 0 Å². The second kappa shape index (κ2) is 21.8. The van der Waals surface area contributed by atoms with E-state index in [9.17, 15) is 9.59 Å². The van der Waals surface area contributed by atoms with E-state index >= 15 is 0 Å². The summed E-state index contributed by atoms with van der Waals surface area (Å²) in [5.74, 6) is 0.